The Morgan fingerprint density at radius 2 is 2.47 bits per heavy atom. The lowest BCUT2D eigenvalue weighted by atomic mass is 10.2. The summed E-state index contributed by atoms with van der Waals surface area (Å²) < 4.78 is 13.1. The Bertz CT molecular complexity index is 374. The van der Waals surface area contributed by atoms with Gasteiger partial charge in [-0.05, 0) is 18.5 Å². The molecule has 1 aromatic heterocycles. The number of halogens is 2. The third-order valence-electron chi connectivity index (χ3n) is 1.61. The second-order valence-electron chi connectivity index (χ2n) is 3.05. The molecule has 1 aromatic rings. The van der Waals surface area contributed by atoms with Gasteiger partial charge in [0, 0.05) is 12.5 Å². The van der Waals surface area contributed by atoms with E-state index in [4.69, 9.17) is 17.3 Å². The summed E-state index contributed by atoms with van der Waals surface area (Å²) in [6.07, 6.45) is 1.04. The van der Waals surface area contributed by atoms with Gasteiger partial charge in [-0.2, -0.15) is 4.98 Å². The normalized spacial score (nSPS) is 12.2. The Balaban J connectivity index is 2.71. The molecule has 1 atom stereocenters. The molecule has 0 aliphatic rings. The number of aromatic nitrogens is 2. The SMILES string of the molecule is CC(CC(N)=O)Nc1nc(Cl)ncc1F. The third-order valence-corrected chi connectivity index (χ3v) is 1.79. The number of hydrogen-bond donors (Lipinski definition) is 2. The maximum atomic E-state index is 13.1. The summed E-state index contributed by atoms with van der Waals surface area (Å²) in [6, 6.07) is -0.317. The Labute approximate surface area is 90.9 Å². The summed E-state index contributed by atoms with van der Waals surface area (Å²) in [5.41, 5.74) is 4.98. The van der Waals surface area contributed by atoms with Crippen molar-refractivity contribution < 1.29 is 9.18 Å². The van der Waals surface area contributed by atoms with Gasteiger partial charge in [0.1, 0.15) is 0 Å². The number of nitrogens with one attached hydrogen (secondary N) is 1. The van der Waals surface area contributed by atoms with Crippen LogP contribution in [-0.4, -0.2) is 21.9 Å². The average molecular weight is 233 g/mol. The van der Waals surface area contributed by atoms with Crippen LogP contribution in [0.3, 0.4) is 0 Å². The second kappa shape index (κ2) is 4.88. The lowest BCUT2D eigenvalue weighted by Crippen LogP contribution is -2.25. The molecule has 1 unspecified atom stereocenters. The molecule has 82 valence electrons. The summed E-state index contributed by atoms with van der Waals surface area (Å²) in [5.74, 6) is -1.14. The Morgan fingerprint density at radius 3 is 3.07 bits per heavy atom. The van der Waals surface area contributed by atoms with Crippen LogP contribution in [0.2, 0.25) is 5.28 Å². The molecule has 0 aliphatic heterocycles. The van der Waals surface area contributed by atoms with E-state index in [0.717, 1.165) is 6.20 Å². The van der Waals surface area contributed by atoms with Crippen LogP contribution in [0.4, 0.5) is 10.2 Å². The van der Waals surface area contributed by atoms with Crippen molar-refractivity contribution in [3.63, 3.8) is 0 Å². The molecule has 1 rings (SSSR count). The molecule has 1 amide bonds. The van der Waals surface area contributed by atoms with E-state index in [1.807, 2.05) is 0 Å². The van der Waals surface area contributed by atoms with Gasteiger partial charge >= 0.3 is 0 Å². The lowest BCUT2D eigenvalue weighted by Gasteiger charge is -2.12. The molecule has 0 spiro atoms. The molecule has 0 fully saturated rings. The molecule has 3 N–H and O–H groups in total. The summed E-state index contributed by atoms with van der Waals surface area (Å²) in [7, 11) is 0. The highest BCUT2D eigenvalue weighted by atomic mass is 35.5. The van der Waals surface area contributed by atoms with E-state index < -0.39 is 11.7 Å². The smallest absolute Gasteiger partial charge is 0.224 e. The van der Waals surface area contributed by atoms with E-state index in [9.17, 15) is 9.18 Å². The van der Waals surface area contributed by atoms with Gasteiger partial charge in [0.05, 0.1) is 6.20 Å². The monoisotopic (exact) mass is 232 g/mol. The standard InChI is InChI=1S/C8H10ClFN4O/c1-4(2-6(11)15)13-7-5(10)3-12-8(9)14-7/h3-4H,2H2,1H3,(H2,11,15)(H,12,13,14). The number of amides is 1. The van der Waals surface area contributed by atoms with E-state index >= 15 is 0 Å². The topological polar surface area (TPSA) is 80.9 Å². The zero-order valence-corrected chi connectivity index (χ0v) is 8.75. The Morgan fingerprint density at radius 1 is 1.80 bits per heavy atom. The van der Waals surface area contributed by atoms with Crippen LogP contribution in [-0.2, 0) is 4.79 Å². The molecule has 7 heteroatoms. The van der Waals surface area contributed by atoms with Crippen LogP contribution < -0.4 is 11.1 Å². The number of nitrogens with two attached hydrogens (primary N) is 1. The molecular weight excluding hydrogens is 223 g/mol. The molecule has 1 heterocycles. The summed E-state index contributed by atoms with van der Waals surface area (Å²) in [5, 5.41) is 2.61. The Kier molecular flexibility index (Phi) is 3.79. The zero-order chi connectivity index (χ0) is 11.4. The molecule has 0 radical (unpaired) electrons. The molecule has 15 heavy (non-hydrogen) atoms. The molecule has 0 aliphatic carbocycles. The highest BCUT2D eigenvalue weighted by Crippen LogP contribution is 2.13. The first-order chi connectivity index (χ1) is 6.99. The molecule has 0 saturated heterocycles. The van der Waals surface area contributed by atoms with E-state index in [1.54, 1.807) is 6.92 Å². The second-order valence-corrected chi connectivity index (χ2v) is 3.39. The summed E-state index contributed by atoms with van der Waals surface area (Å²) in [6.45, 7) is 1.68. The van der Waals surface area contributed by atoms with Crippen LogP contribution in [0, 0.1) is 5.82 Å². The molecule has 0 aromatic carbocycles. The van der Waals surface area contributed by atoms with Crippen molar-refractivity contribution in [2.75, 3.05) is 5.32 Å². The van der Waals surface area contributed by atoms with Gasteiger partial charge in [0.2, 0.25) is 11.2 Å². The van der Waals surface area contributed by atoms with Crippen molar-refractivity contribution in [2.45, 2.75) is 19.4 Å². The summed E-state index contributed by atoms with van der Waals surface area (Å²) >= 11 is 5.49. The Hall–Kier alpha value is -1.43. The minimum atomic E-state index is -0.629. The first kappa shape index (κ1) is 11.6. The summed E-state index contributed by atoms with van der Waals surface area (Å²) in [4.78, 5) is 17.7. The van der Waals surface area contributed by atoms with Crippen LogP contribution in [0.1, 0.15) is 13.3 Å². The van der Waals surface area contributed by atoms with Gasteiger partial charge in [0.15, 0.2) is 11.6 Å². The number of rotatable bonds is 4. The largest absolute Gasteiger partial charge is 0.370 e. The quantitative estimate of drug-likeness (QED) is 0.758. The van der Waals surface area contributed by atoms with Crippen LogP contribution >= 0.6 is 11.6 Å². The first-order valence-electron chi connectivity index (χ1n) is 4.22. The lowest BCUT2D eigenvalue weighted by molar-refractivity contribution is -0.118. The van der Waals surface area contributed by atoms with E-state index in [1.165, 1.54) is 0 Å². The van der Waals surface area contributed by atoms with Crippen molar-refractivity contribution >= 4 is 23.3 Å². The van der Waals surface area contributed by atoms with Crippen LogP contribution in [0.25, 0.3) is 0 Å². The molecule has 5 nitrogen and oxygen atoms in total. The van der Waals surface area contributed by atoms with Crippen molar-refractivity contribution in [3.8, 4) is 0 Å². The highest BCUT2D eigenvalue weighted by Gasteiger charge is 2.10. The van der Waals surface area contributed by atoms with Gasteiger partial charge in [0.25, 0.3) is 0 Å². The van der Waals surface area contributed by atoms with Crippen LogP contribution in [0.15, 0.2) is 6.20 Å². The van der Waals surface area contributed by atoms with E-state index in [0.29, 0.717) is 0 Å². The number of carbonyl (C=O) groups is 1. The van der Waals surface area contributed by atoms with Gasteiger partial charge < -0.3 is 11.1 Å². The zero-order valence-electron chi connectivity index (χ0n) is 8.00. The van der Waals surface area contributed by atoms with E-state index in [2.05, 4.69) is 15.3 Å². The predicted octanol–water partition coefficient (Wildman–Crippen LogP) is 0.945. The fraction of sp³-hybridized carbons (Fsp3) is 0.375. The van der Waals surface area contributed by atoms with Gasteiger partial charge in [-0.1, -0.05) is 0 Å². The van der Waals surface area contributed by atoms with Crippen molar-refractivity contribution in [3.05, 3.63) is 17.3 Å². The van der Waals surface area contributed by atoms with Gasteiger partial charge in [-0.15, -0.1) is 0 Å². The molecule has 0 bridgehead atoms. The predicted molar refractivity (Wildman–Crippen MR) is 53.9 cm³/mol. The van der Waals surface area contributed by atoms with Crippen molar-refractivity contribution in [1.82, 2.24) is 9.97 Å². The third kappa shape index (κ3) is 3.67. The fourth-order valence-electron chi connectivity index (χ4n) is 1.03. The number of carbonyl (C=O) groups excluding carboxylic acids is 1. The van der Waals surface area contributed by atoms with Crippen LogP contribution in [0.5, 0.6) is 0 Å². The maximum absolute atomic E-state index is 13.1. The number of anilines is 1. The number of primary amides is 1. The van der Waals surface area contributed by atoms with Crippen molar-refractivity contribution in [1.29, 1.82) is 0 Å². The molecular formula is C8H10ClFN4O. The van der Waals surface area contributed by atoms with Gasteiger partial charge in [-0.3, -0.25) is 4.79 Å². The molecule has 0 saturated carbocycles. The highest BCUT2D eigenvalue weighted by molar-refractivity contribution is 6.28. The maximum Gasteiger partial charge on any atom is 0.224 e. The number of hydrogen-bond acceptors (Lipinski definition) is 4. The first-order valence-corrected chi connectivity index (χ1v) is 4.59. The van der Waals surface area contributed by atoms with E-state index in [-0.39, 0.29) is 23.6 Å². The van der Waals surface area contributed by atoms with Crippen molar-refractivity contribution in [2.24, 2.45) is 5.73 Å². The minimum Gasteiger partial charge on any atom is -0.370 e. The minimum absolute atomic E-state index is 0.0382. The van der Waals surface area contributed by atoms with Gasteiger partial charge in [-0.25, -0.2) is 9.37 Å². The fourth-order valence-corrected chi connectivity index (χ4v) is 1.17. The number of nitrogens with zero attached hydrogens (tertiary/aromatic N) is 2. The average Bonchev–Trinajstić information content (AvgIpc) is 2.10.